The number of esters is 1. The van der Waals surface area contributed by atoms with Crippen LogP contribution in [0, 0.1) is 0 Å². The van der Waals surface area contributed by atoms with Crippen molar-refractivity contribution in [3.63, 3.8) is 0 Å². The first-order valence-electron chi connectivity index (χ1n) is 6.60. The van der Waals surface area contributed by atoms with Gasteiger partial charge < -0.3 is 10.1 Å². The lowest BCUT2D eigenvalue weighted by atomic mass is 10.2. The van der Waals surface area contributed by atoms with Crippen molar-refractivity contribution in [1.82, 2.24) is 10.2 Å². The fourth-order valence-corrected chi connectivity index (χ4v) is 1.90. The van der Waals surface area contributed by atoms with Crippen molar-refractivity contribution in [1.29, 1.82) is 0 Å². The summed E-state index contributed by atoms with van der Waals surface area (Å²) in [6.45, 7) is 2.78. The second kappa shape index (κ2) is 8.32. The van der Waals surface area contributed by atoms with Crippen LogP contribution in [0.4, 0.5) is 0 Å². The van der Waals surface area contributed by atoms with E-state index in [1.165, 1.54) is 7.11 Å². The van der Waals surface area contributed by atoms with Crippen LogP contribution in [-0.2, 0) is 20.9 Å². The molecule has 0 aliphatic heterocycles. The molecule has 0 heterocycles. The summed E-state index contributed by atoms with van der Waals surface area (Å²) in [7, 11) is 3.22. The van der Waals surface area contributed by atoms with Crippen LogP contribution < -0.4 is 5.32 Å². The number of benzene rings is 1. The van der Waals surface area contributed by atoms with Crippen molar-refractivity contribution in [3.05, 3.63) is 35.9 Å². The lowest BCUT2D eigenvalue weighted by molar-refractivity contribution is -0.141. The van der Waals surface area contributed by atoms with Crippen LogP contribution in [0.15, 0.2) is 30.3 Å². The van der Waals surface area contributed by atoms with E-state index in [-0.39, 0.29) is 24.3 Å². The van der Waals surface area contributed by atoms with Crippen molar-refractivity contribution < 1.29 is 14.3 Å². The summed E-state index contributed by atoms with van der Waals surface area (Å²) in [5.41, 5.74) is 1.16. The number of rotatable bonds is 7. The van der Waals surface area contributed by atoms with Gasteiger partial charge in [0.15, 0.2) is 0 Å². The zero-order valence-corrected chi connectivity index (χ0v) is 12.3. The number of carbonyl (C=O) groups excluding carboxylic acids is 2. The second-order valence-corrected chi connectivity index (χ2v) is 4.91. The lowest BCUT2D eigenvalue weighted by Gasteiger charge is -2.18. The van der Waals surface area contributed by atoms with Gasteiger partial charge in [-0.25, -0.2) is 0 Å². The number of amides is 1. The van der Waals surface area contributed by atoms with Crippen LogP contribution in [0.1, 0.15) is 18.9 Å². The van der Waals surface area contributed by atoms with Gasteiger partial charge in [-0.1, -0.05) is 30.3 Å². The highest BCUT2D eigenvalue weighted by Gasteiger charge is 2.13. The molecular formula is C15H22N2O3. The van der Waals surface area contributed by atoms with Gasteiger partial charge in [0.05, 0.1) is 20.1 Å². The highest BCUT2D eigenvalue weighted by atomic mass is 16.5. The SMILES string of the molecule is COC(=O)C[C@@H](C)NC(=O)CN(C)Cc1ccccc1. The first-order valence-corrected chi connectivity index (χ1v) is 6.60. The Hall–Kier alpha value is -1.88. The van der Waals surface area contributed by atoms with Gasteiger partial charge in [-0.2, -0.15) is 0 Å². The van der Waals surface area contributed by atoms with Gasteiger partial charge in [-0.3, -0.25) is 14.5 Å². The monoisotopic (exact) mass is 278 g/mol. The normalized spacial score (nSPS) is 12.0. The van der Waals surface area contributed by atoms with Crippen molar-refractivity contribution in [2.45, 2.75) is 25.9 Å². The maximum Gasteiger partial charge on any atom is 0.307 e. The Morgan fingerprint density at radius 2 is 1.95 bits per heavy atom. The highest BCUT2D eigenvalue weighted by Crippen LogP contribution is 2.02. The van der Waals surface area contributed by atoms with Gasteiger partial charge in [-0.05, 0) is 19.5 Å². The summed E-state index contributed by atoms with van der Waals surface area (Å²) in [6, 6.07) is 9.73. The molecule has 5 heteroatoms. The topological polar surface area (TPSA) is 58.6 Å². The van der Waals surface area contributed by atoms with Crippen LogP contribution in [0.2, 0.25) is 0 Å². The molecule has 0 fully saturated rings. The molecular weight excluding hydrogens is 256 g/mol. The summed E-state index contributed by atoms with van der Waals surface area (Å²) in [4.78, 5) is 24.8. The van der Waals surface area contributed by atoms with Gasteiger partial charge in [0.1, 0.15) is 0 Å². The molecule has 5 nitrogen and oxygen atoms in total. The third-order valence-electron chi connectivity index (χ3n) is 2.82. The number of nitrogens with one attached hydrogen (secondary N) is 1. The number of likely N-dealkylation sites (N-methyl/N-ethyl adjacent to an activating group) is 1. The summed E-state index contributed by atoms with van der Waals surface area (Å²) in [5.74, 6) is -0.421. The molecule has 1 aromatic rings. The molecule has 0 aromatic heterocycles. The molecule has 1 N–H and O–H groups in total. The van der Waals surface area contributed by atoms with Crippen molar-refractivity contribution in [2.75, 3.05) is 20.7 Å². The Kier molecular flexibility index (Phi) is 6.73. The zero-order chi connectivity index (χ0) is 15.0. The van der Waals surface area contributed by atoms with Gasteiger partial charge in [0.2, 0.25) is 5.91 Å². The van der Waals surface area contributed by atoms with Gasteiger partial charge in [-0.15, -0.1) is 0 Å². The largest absolute Gasteiger partial charge is 0.469 e. The molecule has 20 heavy (non-hydrogen) atoms. The van der Waals surface area contributed by atoms with Gasteiger partial charge in [0, 0.05) is 12.6 Å². The third-order valence-corrected chi connectivity index (χ3v) is 2.82. The molecule has 1 rings (SSSR count). The van der Waals surface area contributed by atoms with Crippen molar-refractivity contribution in [3.8, 4) is 0 Å². The minimum Gasteiger partial charge on any atom is -0.469 e. The van der Waals surface area contributed by atoms with Crippen LogP contribution in [0.5, 0.6) is 0 Å². The summed E-state index contributed by atoms with van der Waals surface area (Å²) in [5, 5.41) is 2.78. The minimum absolute atomic E-state index is 0.0974. The maximum absolute atomic E-state index is 11.8. The van der Waals surface area contributed by atoms with E-state index in [0.717, 1.165) is 5.56 Å². The van der Waals surface area contributed by atoms with E-state index in [1.54, 1.807) is 6.92 Å². The second-order valence-electron chi connectivity index (χ2n) is 4.91. The molecule has 0 aliphatic rings. The summed E-state index contributed by atoms with van der Waals surface area (Å²) in [6.07, 6.45) is 0.185. The van der Waals surface area contributed by atoms with Crippen LogP contribution in [0.3, 0.4) is 0 Å². The maximum atomic E-state index is 11.8. The first-order chi connectivity index (χ1) is 9.51. The Morgan fingerprint density at radius 3 is 2.55 bits per heavy atom. The highest BCUT2D eigenvalue weighted by molar-refractivity contribution is 5.79. The number of hydrogen-bond donors (Lipinski definition) is 1. The Morgan fingerprint density at radius 1 is 1.30 bits per heavy atom. The molecule has 110 valence electrons. The Balaban J connectivity index is 2.32. The molecule has 1 atom stereocenters. The molecule has 0 unspecified atom stereocenters. The molecule has 0 saturated carbocycles. The van der Waals surface area contributed by atoms with E-state index in [4.69, 9.17) is 0 Å². The average molecular weight is 278 g/mol. The zero-order valence-electron chi connectivity index (χ0n) is 12.3. The molecule has 0 radical (unpaired) electrons. The number of nitrogens with zero attached hydrogens (tertiary/aromatic N) is 1. The summed E-state index contributed by atoms with van der Waals surface area (Å²) >= 11 is 0. The molecule has 0 saturated heterocycles. The van der Waals surface area contributed by atoms with Crippen molar-refractivity contribution in [2.24, 2.45) is 0 Å². The van der Waals surface area contributed by atoms with Gasteiger partial charge >= 0.3 is 5.97 Å². The van der Waals surface area contributed by atoms with Crippen molar-refractivity contribution >= 4 is 11.9 Å². The number of carbonyl (C=O) groups is 2. The fraction of sp³-hybridized carbons (Fsp3) is 0.467. The summed E-state index contributed by atoms with van der Waals surface area (Å²) < 4.78 is 4.56. The van der Waals surface area contributed by atoms with E-state index < -0.39 is 0 Å². The molecule has 1 aromatic carbocycles. The molecule has 0 aliphatic carbocycles. The molecule has 0 bridgehead atoms. The Bertz CT molecular complexity index is 434. The van der Waals surface area contributed by atoms with E-state index in [2.05, 4.69) is 10.1 Å². The predicted octanol–water partition coefficient (Wildman–Crippen LogP) is 1.19. The van der Waals surface area contributed by atoms with Crippen LogP contribution in [0.25, 0.3) is 0 Å². The van der Waals surface area contributed by atoms with Crippen LogP contribution >= 0.6 is 0 Å². The van der Waals surface area contributed by atoms with E-state index in [9.17, 15) is 9.59 Å². The predicted molar refractivity (Wildman–Crippen MR) is 77.0 cm³/mol. The first kappa shape index (κ1) is 16.2. The fourth-order valence-electron chi connectivity index (χ4n) is 1.90. The van der Waals surface area contributed by atoms with Gasteiger partial charge in [0.25, 0.3) is 0 Å². The molecule has 0 spiro atoms. The quantitative estimate of drug-likeness (QED) is 0.761. The van der Waals surface area contributed by atoms with E-state index in [1.807, 2.05) is 42.3 Å². The standard InChI is InChI=1S/C15H22N2O3/c1-12(9-15(19)20-3)16-14(18)11-17(2)10-13-7-5-4-6-8-13/h4-8,12H,9-11H2,1-3H3,(H,16,18)/t12-/m1/s1. The number of methoxy groups -OCH3 is 1. The smallest absolute Gasteiger partial charge is 0.307 e. The molecule has 1 amide bonds. The number of ether oxygens (including phenoxy) is 1. The Labute approximate surface area is 119 Å². The average Bonchev–Trinajstić information content (AvgIpc) is 2.38. The van der Waals surface area contributed by atoms with Crippen LogP contribution in [-0.4, -0.2) is 43.5 Å². The van der Waals surface area contributed by atoms with E-state index in [0.29, 0.717) is 13.1 Å². The minimum atomic E-state index is -0.324. The third kappa shape index (κ3) is 6.33. The number of hydrogen-bond acceptors (Lipinski definition) is 4. The lowest BCUT2D eigenvalue weighted by Crippen LogP contribution is -2.40. The van der Waals surface area contributed by atoms with E-state index >= 15 is 0 Å².